The molecule has 0 radical (unpaired) electrons. The number of likely N-dealkylation sites (tertiary alicyclic amines) is 1. The maximum Gasteiger partial charge on any atom is 0.293 e. The van der Waals surface area contributed by atoms with Crippen LogP contribution in [0.25, 0.3) is 10.9 Å². The Kier molecular flexibility index (Phi) is 12.1. The van der Waals surface area contributed by atoms with Gasteiger partial charge in [-0.05, 0) is 120 Å². The minimum Gasteiger partial charge on any atom is -0.478 e. The first-order valence-corrected chi connectivity index (χ1v) is 22.5. The Labute approximate surface area is 374 Å². The summed E-state index contributed by atoms with van der Waals surface area (Å²) in [4.78, 5) is 90.8. The molecule has 6 heterocycles. The highest BCUT2D eigenvalue weighted by Gasteiger charge is 2.45. The summed E-state index contributed by atoms with van der Waals surface area (Å²) in [7, 11) is 1.51. The van der Waals surface area contributed by atoms with E-state index in [2.05, 4.69) is 30.7 Å². The van der Waals surface area contributed by atoms with Crippen LogP contribution in [0, 0.1) is 0 Å². The van der Waals surface area contributed by atoms with E-state index in [9.17, 15) is 28.8 Å². The number of hydrogen-bond acceptors (Lipinski definition) is 13. The Bertz CT molecular complexity index is 2580. The van der Waals surface area contributed by atoms with Gasteiger partial charge in [-0.3, -0.25) is 39.0 Å². The van der Waals surface area contributed by atoms with Crippen LogP contribution in [-0.4, -0.2) is 118 Å². The number of imide groups is 2. The highest BCUT2D eigenvalue weighted by Crippen LogP contribution is 2.38. The Balaban J connectivity index is 0.745. The van der Waals surface area contributed by atoms with Crippen LogP contribution >= 0.6 is 11.6 Å². The second-order valence-corrected chi connectivity index (χ2v) is 18.0. The Morgan fingerprint density at radius 1 is 0.906 bits per heavy atom. The van der Waals surface area contributed by atoms with Crippen molar-refractivity contribution in [3.8, 4) is 5.75 Å². The number of amides is 5. The number of halogens is 1. The number of likely N-dealkylation sites (N-methyl/N-ethyl adjacent to an activating group) is 1. The molecule has 17 nitrogen and oxygen atoms in total. The van der Waals surface area contributed by atoms with Crippen LogP contribution in [-0.2, 0) is 19.1 Å². The lowest BCUT2D eigenvalue weighted by Gasteiger charge is -2.47. The number of nitrogens with zero attached hydrogens (tertiary/aromatic N) is 6. The van der Waals surface area contributed by atoms with E-state index < -0.39 is 29.7 Å². The number of carbonyl (C=O) groups excluding carboxylic acids is 5. The summed E-state index contributed by atoms with van der Waals surface area (Å²) in [5.41, 5.74) is 2.81. The molecular weight excluding hydrogens is 842 g/mol. The zero-order valence-corrected chi connectivity index (χ0v) is 36.9. The van der Waals surface area contributed by atoms with E-state index in [1.807, 2.05) is 44.2 Å². The van der Waals surface area contributed by atoms with Gasteiger partial charge in [-0.2, -0.15) is 4.98 Å². The number of nitrogens with one attached hydrogen (secondary N) is 3. The molecule has 5 aliphatic rings. The summed E-state index contributed by atoms with van der Waals surface area (Å²) in [6.45, 7) is 6.95. The lowest BCUT2D eigenvalue weighted by Crippen LogP contribution is -2.54. The standard InChI is InChI=1S/C46H52ClN9O8/c1-25(2)55-36-7-5-29(18-28(36)20-38(45(55)62)63-24-40(58)48-3)50-41-35(47)23-49-46(52-41)54-16-12-31(13-17-54)64-32-21-30(22-32)53-14-10-26(11-15-53)27-4-6-33-34(19-27)44(61)56(43(33)60)37-8-9-39(57)51-42(37)59/h4-7,18-20,23,25-26,30-32,37H,8-17,21-22,24H2,1-3H3,(H,48,58)(H,49,50,52)(H,51,57,59). The van der Waals surface area contributed by atoms with Gasteiger partial charge in [0.2, 0.25) is 17.8 Å². The second-order valence-electron chi connectivity index (χ2n) is 17.6. The lowest BCUT2D eigenvalue weighted by molar-refractivity contribution is -0.136. The first-order chi connectivity index (χ1) is 30.8. The maximum atomic E-state index is 13.4. The van der Waals surface area contributed by atoms with Crippen molar-refractivity contribution in [3.05, 3.63) is 80.7 Å². The Hall–Kier alpha value is -5.91. The number of fused-ring (bicyclic) bond motifs is 2. The van der Waals surface area contributed by atoms with Gasteiger partial charge in [0.05, 0.1) is 35.0 Å². The van der Waals surface area contributed by atoms with Crippen molar-refractivity contribution < 1.29 is 33.4 Å². The third-order valence-corrected chi connectivity index (χ3v) is 13.6. The van der Waals surface area contributed by atoms with Gasteiger partial charge in [0, 0.05) is 49.7 Å². The quantitative estimate of drug-likeness (QED) is 0.166. The molecule has 1 unspecified atom stereocenters. The fraction of sp³-hybridized carbons (Fsp3) is 0.478. The zero-order valence-electron chi connectivity index (χ0n) is 36.1. The molecular formula is C46H52ClN9O8. The molecule has 1 saturated carbocycles. The van der Waals surface area contributed by atoms with Gasteiger partial charge in [0.25, 0.3) is 23.3 Å². The van der Waals surface area contributed by atoms with Crippen LogP contribution in [0.3, 0.4) is 0 Å². The van der Waals surface area contributed by atoms with E-state index in [0.29, 0.717) is 39.6 Å². The molecule has 64 heavy (non-hydrogen) atoms. The summed E-state index contributed by atoms with van der Waals surface area (Å²) < 4.78 is 13.9. The molecule has 2 aromatic heterocycles. The normalized spacial score (nSPS) is 22.2. The van der Waals surface area contributed by atoms with Crippen molar-refractivity contribution in [3.63, 3.8) is 0 Å². The van der Waals surface area contributed by atoms with E-state index in [4.69, 9.17) is 26.1 Å². The number of hydrogen-bond donors (Lipinski definition) is 3. The SMILES string of the molecule is CNC(=O)COc1cc2cc(Nc3nc(N4CCC(OC5CC(N6CCC(c7ccc8c(c7)C(=O)N(C7CCC(=O)NC7=O)C8=O)CC6)C5)CC4)ncc3Cl)ccc2n(C(C)C)c1=O. The van der Waals surface area contributed by atoms with E-state index in [1.54, 1.807) is 22.9 Å². The van der Waals surface area contributed by atoms with E-state index in [-0.39, 0.29) is 60.8 Å². The molecule has 4 aromatic rings. The highest BCUT2D eigenvalue weighted by molar-refractivity contribution is 6.33. The van der Waals surface area contributed by atoms with Crippen LogP contribution in [0.2, 0.25) is 5.02 Å². The number of rotatable bonds is 12. The number of carbonyl (C=O) groups is 5. The van der Waals surface area contributed by atoms with Gasteiger partial charge in [-0.25, -0.2) is 4.98 Å². The average Bonchev–Trinajstić information content (AvgIpc) is 3.52. The molecule has 3 saturated heterocycles. The van der Waals surface area contributed by atoms with Crippen LogP contribution in [0.15, 0.2) is 53.5 Å². The van der Waals surface area contributed by atoms with E-state index >= 15 is 0 Å². The summed E-state index contributed by atoms with van der Waals surface area (Å²) in [5, 5.41) is 9.19. The predicted molar refractivity (Wildman–Crippen MR) is 238 cm³/mol. The fourth-order valence-electron chi connectivity index (χ4n) is 9.72. The lowest BCUT2D eigenvalue weighted by atomic mass is 9.83. The molecule has 4 fully saturated rings. The van der Waals surface area contributed by atoms with Crippen molar-refractivity contribution in [2.24, 2.45) is 0 Å². The van der Waals surface area contributed by atoms with E-state index in [1.165, 1.54) is 7.05 Å². The van der Waals surface area contributed by atoms with Gasteiger partial charge in [-0.1, -0.05) is 17.7 Å². The number of aromatic nitrogens is 3. The number of ether oxygens (including phenoxy) is 2. The van der Waals surface area contributed by atoms with Crippen molar-refractivity contribution in [1.29, 1.82) is 0 Å². The third-order valence-electron chi connectivity index (χ3n) is 13.3. The van der Waals surface area contributed by atoms with Gasteiger partial charge in [-0.15, -0.1) is 0 Å². The number of anilines is 3. The smallest absolute Gasteiger partial charge is 0.293 e. The average molecular weight is 894 g/mol. The Morgan fingerprint density at radius 3 is 2.38 bits per heavy atom. The number of pyridine rings is 1. The summed E-state index contributed by atoms with van der Waals surface area (Å²) >= 11 is 6.59. The zero-order chi connectivity index (χ0) is 44.8. The maximum absolute atomic E-state index is 13.4. The summed E-state index contributed by atoms with van der Waals surface area (Å²) in [5.74, 6) is -0.893. The molecule has 9 rings (SSSR count). The van der Waals surface area contributed by atoms with Crippen molar-refractivity contribution in [1.82, 2.24) is 35.0 Å². The minimum absolute atomic E-state index is 0.0873. The molecule has 18 heteroatoms. The first-order valence-electron chi connectivity index (χ1n) is 22.2. The van der Waals surface area contributed by atoms with Crippen molar-refractivity contribution in [2.45, 2.75) is 101 Å². The monoisotopic (exact) mass is 893 g/mol. The highest BCUT2D eigenvalue weighted by atomic mass is 35.5. The molecule has 0 spiro atoms. The van der Waals surface area contributed by atoms with E-state index in [0.717, 1.165) is 86.1 Å². The summed E-state index contributed by atoms with van der Waals surface area (Å²) in [6, 6.07) is 12.1. The topological polar surface area (TPSA) is 197 Å². The molecule has 3 N–H and O–H groups in total. The third kappa shape index (κ3) is 8.55. The number of piperidine rings is 3. The Morgan fingerprint density at radius 2 is 1.66 bits per heavy atom. The molecule has 4 aliphatic heterocycles. The molecule has 2 aromatic carbocycles. The van der Waals surface area contributed by atoms with Crippen molar-refractivity contribution >= 4 is 69.5 Å². The van der Waals surface area contributed by atoms with Gasteiger partial charge in [0.15, 0.2) is 18.2 Å². The molecule has 336 valence electrons. The molecule has 1 aliphatic carbocycles. The first kappa shape index (κ1) is 43.3. The minimum atomic E-state index is -0.970. The second kappa shape index (κ2) is 17.9. The van der Waals surface area contributed by atoms with Crippen LogP contribution in [0.1, 0.15) is 103 Å². The van der Waals surface area contributed by atoms with Gasteiger partial charge >= 0.3 is 0 Å². The number of benzene rings is 2. The molecule has 0 bridgehead atoms. The van der Waals surface area contributed by atoms with Crippen LogP contribution in [0.5, 0.6) is 5.75 Å². The van der Waals surface area contributed by atoms with Gasteiger partial charge < -0.3 is 34.5 Å². The van der Waals surface area contributed by atoms with Crippen LogP contribution in [0.4, 0.5) is 17.5 Å². The summed E-state index contributed by atoms with van der Waals surface area (Å²) in [6.07, 6.45) is 7.82. The van der Waals surface area contributed by atoms with Crippen LogP contribution < -0.4 is 31.1 Å². The largest absolute Gasteiger partial charge is 0.478 e. The molecule has 1 atom stereocenters. The fourth-order valence-corrected chi connectivity index (χ4v) is 9.85. The van der Waals surface area contributed by atoms with Crippen molar-refractivity contribution in [2.75, 3.05) is 50.1 Å². The van der Waals surface area contributed by atoms with Gasteiger partial charge in [0.1, 0.15) is 11.1 Å². The molecule has 5 amide bonds. The predicted octanol–water partition coefficient (Wildman–Crippen LogP) is 4.69.